The highest BCUT2D eigenvalue weighted by molar-refractivity contribution is 6.52. The van der Waals surface area contributed by atoms with Crippen molar-refractivity contribution < 1.29 is 75.2 Å². The molecule has 0 bridgehead atoms. The molecule has 0 aliphatic heterocycles. The number of alkyl halides is 1. The van der Waals surface area contributed by atoms with E-state index in [9.17, 15) is 57.1 Å². The normalized spacial score (nSPS) is 19.0. The van der Waals surface area contributed by atoms with E-state index >= 15 is 8.78 Å². The van der Waals surface area contributed by atoms with Gasteiger partial charge in [-0.05, 0) is 5.56 Å². The van der Waals surface area contributed by atoms with Crippen LogP contribution >= 0.6 is 0 Å². The summed E-state index contributed by atoms with van der Waals surface area (Å²) in [5, 5.41) is -4.22. The third kappa shape index (κ3) is 4.34. The molecule has 0 amide bonds. The summed E-state index contributed by atoms with van der Waals surface area (Å²) in [6.07, 6.45) is -4.02. The van der Waals surface area contributed by atoms with Gasteiger partial charge in [0.1, 0.15) is 0 Å². The predicted molar refractivity (Wildman–Crippen MR) is 111 cm³/mol. The topological polar surface area (TPSA) is 18.5 Å². The summed E-state index contributed by atoms with van der Waals surface area (Å²) in [4.78, 5) is 0. The highest BCUT2D eigenvalue weighted by atomic mass is 19.2. The second-order valence-corrected chi connectivity index (χ2v) is 8.25. The average Bonchev–Trinajstić information content (AvgIpc) is 2.99. The first-order valence-corrected chi connectivity index (χ1v) is 10.8. The fraction of sp³-hybridized carbons (Fsp3) is 0.0833. The Kier molecular flexibility index (Phi) is 7.95. The van der Waals surface area contributed by atoms with Crippen LogP contribution in [0.15, 0.2) is 53.6 Å². The minimum absolute atomic E-state index is 0.534. The fourth-order valence-electron chi connectivity index (χ4n) is 3.95. The molecule has 0 fully saturated rings. The van der Waals surface area contributed by atoms with Gasteiger partial charge < -0.3 is 9.31 Å². The van der Waals surface area contributed by atoms with Gasteiger partial charge in [0, 0.05) is 0 Å². The molecule has 222 valence electrons. The van der Waals surface area contributed by atoms with Crippen LogP contribution in [0.1, 0.15) is 5.56 Å². The van der Waals surface area contributed by atoms with Gasteiger partial charge in [0.2, 0.25) is 58.2 Å². The lowest BCUT2D eigenvalue weighted by Crippen LogP contribution is -2.59. The largest absolute Gasteiger partial charge is 0.617 e. The highest BCUT2D eigenvalue weighted by Crippen LogP contribution is 2.52. The molecule has 0 saturated carbocycles. The molecule has 0 N–H and O–H groups in total. The number of rotatable bonds is 6. The van der Waals surface area contributed by atoms with Gasteiger partial charge in [0.05, 0.1) is 0 Å². The smallest absolute Gasteiger partial charge is 0.521 e. The number of hydrogen-bond acceptors (Lipinski definition) is 2. The Morgan fingerprint density at radius 2 is 0.857 bits per heavy atom. The van der Waals surface area contributed by atoms with E-state index in [1.165, 1.54) is 0 Å². The van der Waals surface area contributed by atoms with Crippen molar-refractivity contribution in [2.75, 3.05) is 0 Å². The summed E-state index contributed by atoms with van der Waals surface area (Å²) in [6.45, 7) is 0. The van der Waals surface area contributed by atoms with Crippen LogP contribution in [0.3, 0.4) is 0 Å². The maximum Gasteiger partial charge on any atom is 0.617 e. The summed E-state index contributed by atoms with van der Waals surface area (Å²) in [6, 6.07) is 3.83. The van der Waals surface area contributed by atoms with E-state index in [2.05, 4.69) is 9.31 Å². The lowest BCUT2D eigenvalue weighted by molar-refractivity contribution is 0.186. The van der Waals surface area contributed by atoms with E-state index in [1.807, 2.05) is 0 Å². The molecule has 2 unspecified atom stereocenters. The van der Waals surface area contributed by atoms with Gasteiger partial charge >= 0.3 is 7.12 Å². The van der Waals surface area contributed by atoms with E-state index in [-0.39, 0.29) is 0 Å². The molecule has 2 nitrogen and oxygen atoms in total. The molecule has 0 radical (unpaired) electrons. The van der Waals surface area contributed by atoms with E-state index in [0.717, 1.165) is 18.2 Å². The average molecular weight is 622 g/mol. The first-order valence-electron chi connectivity index (χ1n) is 10.8. The van der Waals surface area contributed by atoms with Gasteiger partial charge in [-0.15, -0.1) is 0 Å². The van der Waals surface area contributed by atoms with Gasteiger partial charge in [-0.2, -0.15) is 17.6 Å². The van der Waals surface area contributed by atoms with E-state index in [4.69, 9.17) is 0 Å². The molecule has 0 aromatic heterocycles. The van der Waals surface area contributed by atoms with Crippen LogP contribution in [0.25, 0.3) is 0 Å². The Morgan fingerprint density at radius 1 is 0.500 bits per heavy atom. The molecule has 1 aliphatic rings. The first kappa shape index (κ1) is 30.7. The van der Waals surface area contributed by atoms with Gasteiger partial charge in [-0.25, -0.2) is 48.3 Å². The maximum atomic E-state index is 15.7. The summed E-state index contributed by atoms with van der Waals surface area (Å²) in [5.74, 6) is -45.3. The zero-order valence-corrected chi connectivity index (χ0v) is 19.5. The van der Waals surface area contributed by atoms with Crippen molar-refractivity contribution in [3.8, 4) is 11.5 Å². The van der Waals surface area contributed by atoms with Gasteiger partial charge in [0.15, 0.2) is 46.3 Å². The number of benzene rings is 3. The number of allylic oxidation sites excluding steroid dienone is 4. The van der Waals surface area contributed by atoms with Gasteiger partial charge in [-0.3, -0.25) is 0 Å². The third-order valence-electron chi connectivity index (χ3n) is 5.99. The monoisotopic (exact) mass is 622 g/mol. The quantitative estimate of drug-likeness (QED) is 0.120. The molecule has 18 heteroatoms. The van der Waals surface area contributed by atoms with Crippen LogP contribution in [-0.4, -0.2) is 13.3 Å². The van der Waals surface area contributed by atoms with Crippen molar-refractivity contribution >= 4 is 7.12 Å². The summed E-state index contributed by atoms with van der Waals surface area (Å²) in [5.41, 5.74) is -1.19. The van der Waals surface area contributed by atoms with E-state index in [1.54, 1.807) is 0 Å². The molecule has 0 saturated heterocycles. The molecular formula is C24H6BF15O2. The molecule has 3 aromatic carbocycles. The van der Waals surface area contributed by atoms with Crippen molar-refractivity contribution in [2.45, 2.75) is 11.5 Å². The van der Waals surface area contributed by atoms with Crippen LogP contribution < -0.4 is 9.31 Å². The Bertz CT molecular complexity index is 1530. The Morgan fingerprint density at radius 3 is 1.24 bits per heavy atom. The molecule has 0 heterocycles. The maximum absolute atomic E-state index is 15.7. The minimum Gasteiger partial charge on any atom is -0.521 e. The lowest BCUT2D eigenvalue weighted by Gasteiger charge is -2.39. The van der Waals surface area contributed by atoms with Crippen molar-refractivity contribution in [1.82, 2.24) is 0 Å². The van der Waals surface area contributed by atoms with Crippen LogP contribution in [0.4, 0.5) is 65.9 Å². The van der Waals surface area contributed by atoms with Crippen molar-refractivity contribution in [1.29, 1.82) is 0 Å². The van der Waals surface area contributed by atoms with Crippen LogP contribution in [0.5, 0.6) is 11.5 Å². The van der Waals surface area contributed by atoms with Crippen molar-refractivity contribution in [3.05, 3.63) is 117 Å². The lowest BCUT2D eigenvalue weighted by atomic mass is 9.49. The zero-order valence-electron chi connectivity index (χ0n) is 19.5. The second-order valence-electron chi connectivity index (χ2n) is 8.25. The van der Waals surface area contributed by atoms with Gasteiger partial charge in [0.25, 0.3) is 0 Å². The van der Waals surface area contributed by atoms with E-state index < -0.39 is 117 Å². The molecule has 2 atom stereocenters. The fourth-order valence-corrected chi connectivity index (χ4v) is 3.95. The summed E-state index contributed by atoms with van der Waals surface area (Å²) < 4.78 is 224. The standard InChI is InChI=1S/C24H6BF15O2/c26-7-9(28)14(33)20(15(34)10(7)29)41-25(42-21-16(35)11(30)8(27)12(31)17(21)36)24(6-4-2-1-3-5-6)22(39)18(37)13(32)19(38)23(24)40/h1-5,22H. The second kappa shape index (κ2) is 10.9. The molecule has 3 aromatic rings. The van der Waals surface area contributed by atoms with Gasteiger partial charge in [-0.1, -0.05) is 30.3 Å². The van der Waals surface area contributed by atoms with Crippen LogP contribution in [0, 0.1) is 58.2 Å². The number of hydrogen-bond donors (Lipinski definition) is 0. The molecule has 4 rings (SSSR count). The Labute approximate surface area is 223 Å². The van der Waals surface area contributed by atoms with Crippen molar-refractivity contribution in [3.63, 3.8) is 0 Å². The predicted octanol–water partition coefficient (Wildman–Crippen LogP) is 8.15. The van der Waals surface area contributed by atoms with Crippen LogP contribution in [0.2, 0.25) is 0 Å². The first-order chi connectivity index (χ1) is 19.6. The van der Waals surface area contributed by atoms with Crippen LogP contribution in [-0.2, 0) is 5.31 Å². The molecular weight excluding hydrogens is 616 g/mol. The third-order valence-corrected chi connectivity index (χ3v) is 5.99. The van der Waals surface area contributed by atoms with Crippen molar-refractivity contribution in [2.24, 2.45) is 0 Å². The number of halogens is 15. The highest BCUT2D eigenvalue weighted by Gasteiger charge is 2.67. The SMILES string of the molecule is FC1=C(F)C(F)C(B(Oc2c(F)c(F)c(F)c(F)c2F)Oc2c(F)c(F)c(F)c(F)c2F)(c2ccccc2)C(F)=C1F. The molecule has 42 heavy (non-hydrogen) atoms. The summed E-state index contributed by atoms with van der Waals surface area (Å²) >= 11 is 0. The molecule has 1 aliphatic carbocycles. The zero-order chi connectivity index (χ0) is 31.4. The minimum atomic E-state index is -4.22. The molecule has 0 spiro atoms. The Balaban J connectivity index is 2.13. The summed E-state index contributed by atoms with van der Waals surface area (Å²) in [7, 11) is -3.87. The Hall–Kier alpha value is -4.25. The van der Waals surface area contributed by atoms with E-state index in [0.29, 0.717) is 12.1 Å².